The fourth-order valence-electron chi connectivity index (χ4n) is 3.34. The predicted molar refractivity (Wildman–Crippen MR) is 119 cm³/mol. The fraction of sp³-hybridized carbons (Fsp3) is 0.174. The number of aromatic nitrogens is 2. The first-order valence-corrected chi connectivity index (χ1v) is 10.1. The Kier molecular flexibility index (Phi) is 6.05. The molecule has 0 bridgehead atoms. The number of benzene rings is 3. The molecule has 0 saturated carbocycles. The van der Waals surface area contributed by atoms with Gasteiger partial charge in [0.05, 0.1) is 24.7 Å². The maximum absolute atomic E-state index is 6.18. The molecule has 1 heterocycles. The molecule has 4 nitrogen and oxygen atoms in total. The lowest BCUT2D eigenvalue weighted by Gasteiger charge is -2.11. The van der Waals surface area contributed by atoms with E-state index < -0.39 is 0 Å². The maximum atomic E-state index is 6.18. The molecule has 0 aliphatic rings. The Balaban J connectivity index is 1.61. The zero-order chi connectivity index (χ0) is 20.2. The molecular formula is C23H21Cl2N3O. The van der Waals surface area contributed by atoms with Gasteiger partial charge in [0.2, 0.25) is 0 Å². The summed E-state index contributed by atoms with van der Waals surface area (Å²) in [6, 6.07) is 21.7. The van der Waals surface area contributed by atoms with Crippen LogP contribution < -0.4 is 10.1 Å². The van der Waals surface area contributed by atoms with E-state index >= 15 is 0 Å². The van der Waals surface area contributed by atoms with Crippen LogP contribution in [0.1, 0.15) is 17.0 Å². The zero-order valence-electron chi connectivity index (χ0n) is 16.0. The van der Waals surface area contributed by atoms with Gasteiger partial charge in [0.25, 0.3) is 0 Å². The highest BCUT2D eigenvalue weighted by Crippen LogP contribution is 2.24. The Labute approximate surface area is 180 Å². The number of halogens is 2. The van der Waals surface area contributed by atoms with Crippen LogP contribution in [0.15, 0.2) is 66.7 Å². The molecule has 0 aliphatic carbocycles. The van der Waals surface area contributed by atoms with Gasteiger partial charge in [-0.05, 0) is 47.5 Å². The van der Waals surface area contributed by atoms with Crippen molar-refractivity contribution in [2.24, 2.45) is 0 Å². The summed E-state index contributed by atoms with van der Waals surface area (Å²) in [6.07, 6.45) is 0. The minimum Gasteiger partial charge on any atom is -0.497 e. The molecule has 4 rings (SSSR count). The Bertz CT molecular complexity index is 1120. The number of fused-ring (bicyclic) bond motifs is 1. The molecule has 148 valence electrons. The Morgan fingerprint density at radius 3 is 2.48 bits per heavy atom. The number of hydrogen-bond acceptors (Lipinski definition) is 3. The van der Waals surface area contributed by atoms with E-state index in [1.807, 2.05) is 54.6 Å². The third-order valence-corrected chi connectivity index (χ3v) is 5.28. The normalized spacial score (nSPS) is 11.1. The van der Waals surface area contributed by atoms with Crippen LogP contribution in [-0.4, -0.2) is 16.7 Å². The number of hydrogen-bond donors (Lipinski definition) is 1. The molecule has 0 fully saturated rings. The van der Waals surface area contributed by atoms with Gasteiger partial charge in [-0.3, -0.25) is 0 Å². The number of rotatable bonds is 7. The number of nitrogens with zero attached hydrogens (tertiary/aromatic N) is 2. The van der Waals surface area contributed by atoms with Gasteiger partial charge in [0, 0.05) is 29.2 Å². The molecule has 0 atom stereocenters. The van der Waals surface area contributed by atoms with Gasteiger partial charge < -0.3 is 14.6 Å². The first kappa shape index (κ1) is 19.8. The Hall–Kier alpha value is -2.53. The largest absolute Gasteiger partial charge is 0.497 e. The summed E-state index contributed by atoms with van der Waals surface area (Å²) < 4.78 is 7.58. The zero-order valence-corrected chi connectivity index (χ0v) is 17.5. The average molecular weight is 426 g/mol. The molecule has 6 heteroatoms. The van der Waals surface area contributed by atoms with Crippen LogP contribution in [0.2, 0.25) is 10.0 Å². The molecule has 4 aromatic rings. The molecule has 3 aromatic carbocycles. The van der Waals surface area contributed by atoms with Gasteiger partial charge in [-0.2, -0.15) is 0 Å². The van der Waals surface area contributed by atoms with Crippen molar-refractivity contribution in [2.45, 2.75) is 19.6 Å². The lowest BCUT2D eigenvalue weighted by atomic mass is 10.2. The van der Waals surface area contributed by atoms with E-state index in [0.717, 1.165) is 44.8 Å². The Morgan fingerprint density at radius 2 is 1.72 bits per heavy atom. The third kappa shape index (κ3) is 4.73. The van der Waals surface area contributed by atoms with Gasteiger partial charge in [0.1, 0.15) is 11.6 Å². The van der Waals surface area contributed by atoms with E-state index in [4.69, 9.17) is 32.9 Å². The second-order valence-electron chi connectivity index (χ2n) is 6.83. The third-order valence-electron chi connectivity index (χ3n) is 4.79. The summed E-state index contributed by atoms with van der Waals surface area (Å²) in [7, 11) is 1.67. The maximum Gasteiger partial charge on any atom is 0.124 e. The molecule has 0 spiro atoms. The first-order chi connectivity index (χ1) is 14.1. The molecule has 29 heavy (non-hydrogen) atoms. The minimum absolute atomic E-state index is 0.639. The van der Waals surface area contributed by atoms with E-state index in [1.165, 1.54) is 5.56 Å². The number of ether oxygens (including phenoxy) is 1. The highest BCUT2D eigenvalue weighted by Gasteiger charge is 2.12. The molecule has 0 amide bonds. The highest BCUT2D eigenvalue weighted by atomic mass is 35.5. The number of imidazole rings is 1. The summed E-state index contributed by atoms with van der Waals surface area (Å²) in [6.45, 7) is 2.07. The Morgan fingerprint density at radius 1 is 0.897 bits per heavy atom. The highest BCUT2D eigenvalue weighted by molar-refractivity contribution is 6.30. The average Bonchev–Trinajstić information content (AvgIpc) is 3.06. The smallest absolute Gasteiger partial charge is 0.124 e. The van der Waals surface area contributed by atoms with Crippen LogP contribution in [-0.2, 0) is 19.6 Å². The van der Waals surface area contributed by atoms with Crippen molar-refractivity contribution >= 4 is 34.2 Å². The summed E-state index contributed by atoms with van der Waals surface area (Å²) in [4.78, 5) is 4.85. The van der Waals surface area contributed by atoms with Gasteiger partial charge in [-0.1, -0.05) is 47.5 Å². The number of nitrogens with one attached hydrogen (secondary N) is 1. The van der Waals surface area contributed by atoms with Crippen LogP contribution in [0, 0.1) is 0 Å². The van der Waals surface area contributed by atoms with Crippen LogP contribution in [0.5, 0.6) is 5.75 Å². The lowest BCUT2D eigenvalue weighted by molar-refractivity contribution is 0.415. The predicted octanol–water partition coefficient (Wildman–Crippen LogP) is 5.69. The van der Waals surface area contributed by atoms with Crippen molar-refractivity contribution in [3.63, 3.8) is 0 Å². The van der Waals surface area contributed by atoms with Crippen LogP contribution in [0.25, 0.3) is 11.0 Å². The van der Waals surface area contributed by atoms with Crippen LogP contribution in [0.4, 0.5) is 0 Å². The van der Waals surface area contributed by atoms with Crippen LogP contribution in [0.3, 0.4) is 0 Å². The summed E-state index contributed by atoms with van der Waals surface area (Å²) in [5.74, 6) is 1.76. The van der Waals surface area contributed by atoms with Crippen molar-refractivity contribution < 1.29 is 4.74 Å². The molecule has 1 aromatic heterocycles. The van der Waals surface area contributed by atoms with Crippen molar-refractivity contribution in [1.82, 2.24) is 14.9 Å². The minimum atomic E-state index is 0.639. The van der Waals surface area contributed by atoms with Gasteiger partial charge >= 0.3 is 0 Å². The van der Waals surface area contributed by atoms with E-state index in [1.54, 1.807) is 7.11 Å². The first-order valence-electron chi connectivity index (χ1n) is 9.35. The van der Waals surface area contributed by atoms with Gasteiger partial charge in [-0.15, -0.1) is 0 Å². The monoisotopic (exact) mass is 425 g/mol. The molecule has 0 radical (unpaired) electrons. The number of methoxy groups -OCH3 is 1. The summed E-state index contributed by atoms with van der Waals surface area (Å²) in [5, 5.41) is 4.95. The molecule has 0 saturated heterocycles. The summed E-state index contributed by atoms with van der Waals surface area (Å²) in [5.41, 5.74) is 4.28. The van der Waals surface area contributed by atoms with Crippen molar-refractivity contribution in [3.8, 4) is 5.75 Å². The van der Waals surface area contributed by atoms with Gasteiger partial charge in [0.15, 0.2) is 0 Å². The van der Waals surface area contributed by atoms with Crippen molar-refractivity contribution in [2.75, 3.05) is 7.11 Å². The van der Waals surface area contributed by atoms with Gasteiger partial charge in [-0.25, -0.2) is 4.98 Å². The van der Waals surface area contributed by atoms with E-state index in [9.17, 15) is 0 Å². The van der Waals surface area contributed by atoms with Crippen LogP contribution >= 0.6 is 23.2 Å². The quantitative estimate of drug-likeness (QED) is 0.413. The lowest BCUT2D eigenvalue weighted by Crippen LogP contribution is -2.17. The molecule has 0 aliphatic heterocycles. The molecule has 1 N–H and O–H groups in total. The SMILES string of the molecule is COc1ccc2c(c1)nc(CNCc1ccc(Cl)cc1)n2Cc1cccc(Cl)c1. The standard InChI is InChI=1S/C23H21Cl2N3O/c1-29-20-9-10-22-21(12-20)27-23(14-26-13-16-5-7-18(24)8-6-16)28(22)15-17-3-2-4-19(25)11-17/h2-12,26H,13-15H2,1H3. The molecular weight excluding hydrogens is 405 g/mol. The topological polar surface area (TPSA) is 39.1 Å². The van der Waals surface area contributed by atoms with E-state index in [2.05, 4.69) is 22.0 Å². The second kappa shape index (κ2) is 8.87. The second-order valence-corrected chi connectivity index (χ2v) is 7.70. The van der Waals surface area contributed by atoms with Crippen molar-refractivity contribution in [3.05, 3.63) is 93.7 Å². The van der Waals surface area contributed by atoms with Crippen molar-refractivity contribution in [1.29, 1.82) is 0 Å². The van der Waals surface area contributed by atoms with E-state index in [-0.39, 0.29) is 0 Å². The molecule has 0 unspecified atom stereocenters. The summed E-state index contributed by atoms with van der Waals surface area (Å²) >= 11 is 12.1. The fourth-order valence-corrected chi connectivity index (χ4v) is 3.68. The van der Waals surface area contributed by atoms with E-state index in [0.29, 0.717) is 13.1 Å².